The van der Waals surface area contributed by atoms with Crippen LogP contribution in [0, 0.1) is 17.1 Å². The van der Waals surface area contributed by atoms with E-state index >= 15 is 0 Å². The van der Waals surface area contributed by atoms with Gasteiger partial charge in [-0.1, -0.05) is 37.6 Å². The van der Waals surface area contributed by atoms with Gasteiger partial charge in [0, 0.05) is 10.9 Å². The number of benzene rings is 2. The maximum Gasteiger partial charge on any atom is 0.341 e. The number of nitriles is 1. The molecular weight excluding hydrogens is 467 g/mol. The number of thiophene rings is 1. The first-order valence-corrected chi connectivity index (χ1v) is 12.0. The normalized spacial score (nSPS) is 11.0. The fraction of sp³-hybridized carbons (Fsp3) is 0.222. The first kappa shape index (κ1) is 25.7. The predicted molar refractivity (Wildman–Crippen MR) is 135 cm³/mol. The summed E-state index contributed by atoms with van der Waals surface area (Å²) in [6.45, 7) is 4.53. The number of carbonyl (C=O) groups is 2. The summed E-state index contributed by atoms with van der Waals surface area (Å²) in [5.74, 6) is -0.970. The fourth-order valence-corrected chi connectivity index (χ4v) is 4.13. The minimum atomic E-state index is -0.658. The Bertz CT molecular complexity index is 1240. The molecule has 1 amide bonds. The molecule has 0 saturated heterocycles. The topological polar surface area (TPSA) is 88.4 Å². The third kappa shape index (κ3) is 6.78. The molecule has 6 nitrogen and oxygen atoms in total. The molecule has 35 heavy (non-hydrogen) atoms. The van der Waals surface area contributed by atoms with Crippen molar-refractivity contribution >= 4 is 34.3 Å². The molecule has 0 radical (unpaired) electrons. The number of nitrogens with one attached hydrogen (secondary N) is 1. The third-order valence-electron chi connectivity index (χ3n) is 4.98. The predicted octanol–water partition coefficient (Wildman–Crippen LogP) is 6.46. The molecule has 0 saturated carbocycles. The van der Waals surface area contributed by atoms with Crippen molar-refractivity contribution in [2.45, 2.75) is 26.7 Å². The van der Waals surface area contributed by atoms with Crippen LogP contribution in [0.25, 0.3) is 17.2 Å². The molecule has 0 fully saturated rings. The summed E-state index contributed by atoms with van der Waals surface area (Å²) in [6.07, 6.45) is 3.46. The van der Waals surface area contributed by atoms with Gasteiger partial charge in [-0.15, -0.1) is 11.3 Å². The lowest BCUT2D eigenvalue weighted by atomic mass is 10.0. The largest absolute Gasteiger partial charge is 0.494 e. The quantitative estimate of drug-likeness (QED) is 0.152. The molecule has 3 rings (SSSR count). The molecule has 1 heterocycles. The van der Waals surface area contributed by atoms with Gasteiger partial charge in [-0.25, -0.2) is 9.18 Å². The second kappa shape index (κ2) is 12.5. The van der Waals surface area contributed by atoms with Crippen LogP contribution in [0.1, 0.15) is 42.6 Å². The van der Waals surface area contributed by atoms with E-state index in [0.717, 1.165) is 24.2 Å². The number of anilines is 1. The van der Waals surface area contributed by atoms with Gasteiger partial charge in [0.15, 0.2) is 0 Å². The molecular formula is C27H25FN2O4S. The number of hydrogen-bond donors (Lipinski definition) is 1. The molecule has 0 atom stereocenters. The summed E-state index contributed by atoms with van der Waals surface area (Å²) in [6, 6.07) is 14.6. The van der Waals surface area contributed by atoms with Crippen molar-refractivity contribution in [3.8, 4) is 22.9 Å². The second-order valence-electron chi connectivity index (χ2n) is 7.48. The number of carbonyl (C=O) groups excluding carboxylic acids is 2. The Morgan fingerprint density at radius 2 is 1.83 bits per heavy atom. The average molecular weight is 493 g/mol. The fourth-order valence-electron chi connectivity index (χ4n) is 3.18. The monoisotopic (exact) mass is 492 g/mol. The summed E-state index contributed by atoms with van der Waals surface area (Å²) in [5.41, 5.74) is 1.79. The van der Waals surface area contributed by atoms with E-state index < -0.39 is 17.7 Å². The number of hydrogen-bond acceptors (Lipinski definition) is 6. The second-order valence-corrected chi connectivity index (χ2v) is 8.36. The first-order chi connectivity index (χ1) is 17.0. The van der Waals surface area contributed by atoms with E-state index in [0.29, 0.717) is 29.0 Å². The first-order valence-electron chi connectivity index (χ1n) is 11.2. The molecule has 0 unspecified atom stereocenters. The van der Waals surface area contributed by atoms with E-state index in [4.69, 9.17) is 9.47 Å². The van der Waals surface area contributed by atoms with E-state index in [2.05, 4.69) is 12.2 Å². The Labute approximate surface area is 207 Å². The molecule has 0 bridgehead atoms. The van der Waals surface area contributed by atoms with Gasteiger partial charge < -0.3 is 14.8 Å². The van der Waals surface area contributed by atoms with Gasteiger partial charge in [-0.2, -0.15) is 5.26 Å². The van der Waals surface area contributed by atoms with E-state index in [9.17, 15) is 19.2 Å². The standard InChI is InChI=1S/C27H25FN2O4S/c1-3-5-14-34-22-12-6-18(7-13-22)15-20(16-29)25(31)30-26-24(27(32)33-4-2)23(17-35-26)19-8-10-21(28)11-9-19/h6-13,15,17H,3-5,14H2,1-2H3,(H,30,31)/b20-15+. The van der Waals surface area contributed by atoms with E-state index in [-0.39, 0.29) is 22.7 Å². The Kier molecular flexibility index (Phi) is 9.16. The molecule has 0 aliphatic heterocycles. The summed E-state index contributed by atoms with van der Waals surface area (Å²) in [5, 5.41) is 14.2. The molecule has 2 aromatic carbocycles. The highest BCUT2D eigenvalue weighted by molar-refractivity contribution is 7.15. The number of rotatable bonds is 10. The number of nitrogens with zero attached hydrogens (tertiary/aromatic N) is 1. The number of halogens is 1. The molecule has 3 aromatic rings. The van der Waals surface area contributed by atoms with Gasteiger partial charge in [0.1, 0.15) is 33.8 Å². The molecule has 180 valence electrons. The summed E-state index contributed by atoms with van der Waals surface area (Å²) in [7, 11) is 0. The highest BCUT2D eigenvalue weighted by Gasteiger charge is 2.23. The Morgan fingerprint density at radius 3 is 2.46 bits per heavy atom. The highest BCUT2D eigenvalue weighted by Crippen LogP contribution is 2.36. The van der Waals surface area contributed by atoms with Crippen LogP contribution in [0.4, 0.5) is 9.39 Å². The molecule has 0 aliphatic carbocycles. The number of ether oxygens (including phenoxy) is 2. The zero-order valence-electron chi connectivity index (χ0n) is 19.5. The van der Waals surface area contributed by atoms with E-state index in [1.165, 1.54) is 18.2 Å². The van der Waals surface area contributed by atoms with Crippen LogP contribution in [0.15, 0.2) is 59.5 Å². The number of amides is 1. The average Bonchev–Trinajstić information content (AvgIpc) is 3.27. The minimum Gasteiger partial charge on any atom is -0.494 e. The highest BCUT2D eigenvalue weighted by atomic mass is 32.1. The molecule has 0 spiro atoms. The van der Waals surface area contributed by atoms with E-state index in [1.807, 2.05) is 6.07 Å². The van der Waals surface area contributed by atoms with Gasteiger partial charge in [0.05, 0.1) is 13.2 Å². The van der Waals surface area contributed by atoms with Crippen molar-refractivity contribution in [2.24, 2.45) is 0 Å². The molecule has 1 N–H and O–H groups in total. The van der Waals surface area contributed by atoms with Gasteiger partial charge in [-0.05, 0) is 54.8 Å². The maximum absolute atomic E-state index is 13.4. The molecule has 1 aromatic heterocycles. The lowest BCUT2D eigenvalue weighted by Gasteiger charge is -2.09. The van der Waals surface area contributed by atoms with Crippen molar-refractivity contribution in [1.82, 2.24) is 0 Å². The smallest absolute Gasteiger partial charge is 0.341 e. The van der Waals surface area contributed by atoms with Gasteiger partial charge in [0.25, 0.3) is 5.91 Å². The van der Waals surface area contributed by atoms with Crippen molar-refractivity contribution in [3.05, 3.63) is 76.4 Å². The number of esters is 1. The minimum absolute atomic E-state index is 0.129. The van der Waals surface area contributed by atoms with Crippen LogP contribution < -0.4 is 10.1 Å². The Morgan fingerprint density at radius 1 is 1.11 bits per heavy atom. The lowest BCUT2D eigenvalue weighted by molar-refractivity contribution is -0.112. The van der Waals surface area contributed by atoms with E-state index in [1.54, 1.807) is 48.7 Å². The van der Waals surface area contributed by atoms with Crippen LogP contribution in [-0.4, -0.2) is 25.1 Å². The van der Waals surface area contributed by atoms with Crippen molar-refractivity contribution in [1.29, 1.82) is 5.26 Å². The maximum atomic E-state index is 13.4. The van der Waals surface area contributed by atoms with Crippen LogP contribution in [0.3, 0.4) is 0 Å². The van der Waals surface area contributed by atoms with Crippen LogP contribution >= 0.6 is 11.3 Å². The SMILES string of the molecule is CCCCOc1ccc(/C=C(\C#N)C(=O)Nc2scc(-c3ccc(F)cc3)c2C(=O)OCC)cc1. The van der Waals surface area contributed by atoms with Crippen molar-refractivity contribution < 1.29 is 23.5 Å². The van der Waals surface area contributed by atoms with Crippen molar-refractivity contribution in [2.75, 3.05) is 18.5 Å². The van der Waals surface area contributed by atoms with Crippen LogP contribution in [-0.2, 0) is 9.53 Å². The number of unbranched alkanes of at least 4 members (excludes halogenated alkanes) is 1. The molecule has 8 heteroatoms. The summed E-state index contributed by atoms with van der Waals surface area (Å²) >= 11 is 1.12. The Hall–Kier alpha value is -3.96. The van der Waals surface area contributed by atoms with Crippen LogP contribution in [0.5, 0.6) is 5.75 Å². The zero-order chi connectivity index (χ0) is 25.2. The summed E-state index contributed by atoms with van der Waals surface area (Å²) in [4.78, 5) is 25.6. The zero-order valence-corrected chi connectivity index (χ0v) is 20.3. The van der Waals surface area contributed by atoms with Gasteiger partial charge in [0.2, 0.25) is 0 Å². The summed E-state index contributed by atoms with van der Waals surface area (Å²) < 4.78 is 24.2. The van der Waals surface area contributed by atoms with Crippen LogP contribution in [0.2, 0.25) is 0 Å². The molecule has 0 aliphatic rings. The van der Waals surface area contributed by atoms with Crippen molar-refractivity contribution in [3.63, 3.8) is 0 Å². The third-order valence-corrected chi connectivity index (χ3v) is 5.87. The lowest BCUT2D eigenvalue weighted by Crippen LogP contribution is -2.16. The Balaban J connectivity index is 1.84. The van der Waals surface area contributed by atoms with Gasteiger partial charge >= 0.3 is 5.97 Å². The van der Waals surface area contributed by atoms with Gasteiger partial charge in [-0.3, -0.25) is 4.79 Å².